The molecule has 2 aromatic rings. The number of hydrogen-bond acceptors (Lipinski definition) is 5. The van der Waals surface area contributed by atoms with E-state index in [0.29, 0.717) is 7.11 Å². The van der Waals surface area contributed by atoms with Crippen LogP contribution in [-0.2, 0) is 29.4 Å². The lowest BCUT2D eigenvalue weighted by molar-refractivity contribution is -0.145. The fraction of sp³-hybridized carbons (Fsp3) is 0.348. The average molecular weight is 589 g/mol. The van der Waals surface area contributed by atoms with E-state index >= 15 is 0 Å². The summed E-state index contributed by atoms with van der Waals surface area (Å²) in [5.41, 5.74) is -14.8. The molecule has 0 heterocycles. The molecule has 0 aromatic heterocycles. The standard InChI is InChI=1S/C23H11F12N3O2/c1-40-19(10-4-16(22(30,31)32)12(7-37)17(5-10)23(33,34)35)13(8-38)18(39)9-2-14(20(24,25)26)11(6-36)15(3-9)21(27,28)29/h2-5,13,18-19,39H,1H3. The zero-order chi connectivity index (χ0) is 31.0. The van der Waals surface area contributed by atoms with Crippen LogP contribution in [-0.4, -0.2) is 12.2 Å². The molecule has 0 saturated carbocycles. The highest BCUT2D eigenvalue weighted by Gasteiger charge is 2.45. The number of benzene rings is 2. The molecule has 2 aromatic carbocycles. The lowest BCUT2D eigenvalue weighted by Gasteiger charge is -2.28. The molecule has 17 heteroatoms. The predicted octanol–water partition coefficient (Wildman–Crippen LogP) is 7.07. The first-order valence-electron chi connectivity index (χ1n) is 10.2. The molecule has 40 heavy (non-hydrogen) atoms. The number of nitriles is 3. The second-order valence-corrected chi connectivity index (χ2v) is 7.95. The molecule has 1 N–H and O–H groups in total. The van der Waals surface area contributed by atoms with Crippen LogP contribution in [0, 0.1) is 39.9 Å². The third-order valence-electron chi connectivity index (χ3n) is 5.51. The van der Waals surface area contributed by atoms with E-state index in [4.69, 9.17) is 15.3 Å². The largest absolute Gasteiger partial charge is 0.417 e. The second-order valence-electron chi connectivity index (χ2n) is 7.95. The Morgan fingerprint density at radius 3 is 1.15 bits per heavy atom. The Balaban J connectivity index is 2.87. The lowest BCUT2D eigenvalue weighted by Crippen LogP contribution is -2.24. The fourth-order valence-electron chi connectivity index (χ4n) is 3.80. The van der Waals surface area contributed by atoms with E-state index in [-0.39, 0.29) is 24.3 Å². The van der Waals surface area contributed by atoms with Gasteiger partial charge < -0.3 is 9.84 Å². The van der Waals surface area contributed by atoms with Crippen molar-refractivity contribution in [3.05, 3.63) is 68.8 Å². The molecule has 0 aliphatic carbocycles. The summed E-state index contributed by atoms with van der Waals surface area (Å²) in [5.74, 6) is -2.41. The maximum absolute atomic E-state index is 13.5. The minimum absolute atomic E-state index is 0.0277. The van der Waals surface area contributed by atoms with Gasteiger partial charge in [-0.05, 0) is 35.4 Å². The monoisotopic (exact) mass is 589 g/mol. The minimum atomic E-state index is -5.60. The van der Waals surface area contributed by atoms with Crippen LogP contribution in [0.1, 0.15) is 56.7 Å². The molecule has 0 fully saturated rings. The quantitative estimate of drug-likeness (QED) is 0.376. The van der Waals surface area contributed by atoms with E-state index in [9.17, 15) is 63.1 Å². The third-order valence-corrected chi connectivity index (χ3v) is 5.51. The van der Waals surface area contributed by atoms with Crippen molar-refractivity contribution in [3.63, 3.8) is 0 Å². The molecule has 0 aliphatic rings. The van der Waals surface area contributed by atoms with Crippen LogP contribution >= 0.6 is 0 Å². The van der Waals surface area contributed by atoms with Gasteiger partial charge in [0.05, 0.1) is 45.6 Å². The van der Waals surface area contributed by atoms with Gasteiger partial charge in [0.1, 0.15) is 24.2 Å². The van der Waals surface area contributed by atoms with Crippen LogP contribution in [0.25, 0.3) is 0 Å². The Labute approximate surface area is 216 Å². The molecule has 0 spiro atoms. The van der Waals surface area contributed by atoms with Gasteiger partial charge in [0.25, 0.3) is 0 Å². The Kier molecular flexibility index (Phi) is 8.75. The average Bonchev–Trinajstić information content (AvgIpc) is 2.82. The van der Waals surface area contributed by atoms with Crippen molar-refractivity contribution in [2.45, 2.75) is 36.9 Å². The van der Waals surface area contributed by atoms with Gasteiger partial charge in [-0.3, -0.25) is 0 Å². The number of methoxy groups -OCH3 is 1. The zero-order valence-electron chi connectivity index (χ0n) is 19.3. The van der Waals surface area contributed by atoms with Crippen molar-refractivity contribution in [2.75, 3.05) is 7.11 Å². The first-order valence-corrected chi connectivity index (χ1v) is 10.2. The summed E-state index contributed by atoms with van der Waals surface area (Å²) in [5, 5.41) is 38.1. The topological polar surface area (TPSA) is 101 Å². The van der Waals surface area contributed by atoms with Gasteiger partial charge in [-0.2, -0.15) is 68.5 Å². The fourth-order valence-corrected chi connectivity index (χ4v) is 3.80. The van der Waals surface area contributed by atoms with Crippen LogP contribution in [0.15, 0.2) is 24.3 Å². The van der Waals surface area contributed by atoms with Crippen molar-refractivity contribution in [1.29, 1.82) is 15.8 Å². The molecule has 0 bridgehead atoms. The van der Waals surface area contributed by atoms with E-state index in [0.717, 1.165) is 12.1 Å². The highest BCUT2D eigenvalue weighted by atomic mass is 19.4. The Morgan fingerprint density at radius 1 is 0.625 bits per heavy atom. The van der Waals surface area contributed by atoms with Crippen LogP contribution in [0.4, 0.5) is 52.7 Å². The van der Waals surface area contributed by atoms with Crippen LogP contribution in [0.5, 0.6) is 0 Å². The van der Waals surface area contributed by atoms with Gasteiger partial charge in [0.15, 0.2) is 0 Å². The SMILES string of the molecule is COC(c1cc(C(F)(F)F)c(C#N)c(C(F)(F)F)c1)C(C#N)C(O)c1cc(C(F)(F)F)c(C#N)c(C(F)(F)F)c1. The molecule has 0 amide bonds. The van der Waals surface area contributed by atoms with Gasteiger partial charge in [-0.15, -0.1) is 0 Å². The summed E-state index contributed by atoms with van der Waals surface area (Å²) in [6.45, 7) is 0. The molecule has 5 nitrogen and oxygen atoms in total. The molecule has 2 rings (SSSR count). The number of aliphatic hydroxyl groups is 1. The number of alkyl halides is 12. The van der Waals surface area contributed by atoms with Crippen LogP contribution in [0.3, 0.4) is 0 Å². The molecular formula is C23H11F12N3O2. The number of hydrogen-bond donors (Lipinski definition) is 1. The van der Waals surface area contributed by atoms with Crippen LogP contribution in [0.2, 0.25) is 0 Å². The minimum Gasteiger partial charge on any atom is -0.387 e. The molecule has 0 aliphatic heterocycles. The van der Waals surface area contributed by atoms with Gasteiger partial charge >= 0.3 is 24.7 Å². The normalized spacial score (nSPS) is 15.0. The summed E-state index contributed by atoms with van der Waals surface area (Å²) < 4.78 is 167. The Hall–Kier alpha value is -4.01. The Morgan fingerprint density at radius 2 is 0.925 bits per heavy atom. The summed E-state index contributed by atoms with van der Waals surface area (Å²) >= 11 is 0. The first kappa shape index (κ1) is 32.2. The number of ether oxygens (including phenoxy) is 1. The number of aliphatic hydroxyl groups excluding tert-OH is 1. The van der Waals surface area contributed by atoms with E-state index in [1.165, 1.54) is 6.07 Å². The van der Waals surface area contributed by atoms with E-state index < -0.39 is 87.3 Å². The highest BCUT2D eigenvalue weighted by Crippen LogP contribution is 2.46. The molecule has 3 unspecified atom stereocenters. The van der Waals surface area contributed by atoms with E-state index in [1.807, 2.05) is 0 Å². The smallest absolute Gasteiger partial charge is 0.387 e. The summed E-state index contributed by atoms with van der Waals surface area (Å²) in [4.78, 5) is 0. The van der Waals surface area contributed by atoms with E-state index in [2.05, 4.69) is 0 Å². The number of nitrogens with zero attached hydrogens (tertiary/aromatic N) is 3. The van der Waals surface area contributed by atoms with Crippen molar-refractivity contribution >= 4 is 0 Å². The van der Waals surface area contributed by atoms with E-state index in [1.54, 1.807) is 0 Å². The summed E-state index contributed by atoms with van der Waals surface area (Å²) in [6, 6.07) is 2.44. The second kappa shape index (κ2) is 10.9. The molecule has 0 saturated heterocycles. The number of halogens is 12. The van der Waals surface area contributed by atoms with Crippen molar-refractivity contribution in [1.82, 2.24) is 0 Å². The van der Waals surface area contributed by atoms with Crippen molar-refractivity contribution in [2.24, 2.45) is 5.92 Å². The Bertz CT molecular complexity index is 1330. The van der Waals surface area contributed by atoms with Gasteiger partial charge in [-0.25, -0.2) is 0 Å². The van der Waals surface area contributed by atoms with Crippen LogP contribution < -0.4 is 0 Å². The highest BCUT2D eigenvalue weighted by molar-refractivity contribution is 5.52. The van der Waals surface area contributed by atoms with Gasteiger partial charge in [-0.1, -0.05) is 0 Å². The first-order chi connectivity index (χ1) is 18.1. The zero-order valence-corrected chi connectivity index (χ0v) is 19.3. The van der Waals surface area contributed by atoms with Crippen molar-refractivity contribution in [3.8, 4) is 18.2 Å². The molecule has 214 valence electrons. The maximum atomic E-state index is 13.5. The maximum Gasteiger partial charge on any atom is 0.417 e. The number of rotatable bonds is 5. The summed E-state index contributed by atoms with van der Waals surface area (Å²) in [7, 11) is 0.627. The lowest BCUT2D eigenvalue weighted by atomic mass is 9.84. The molecule has 3 atom stereocenters. The molecule has 0 radical (unpaired) electrons. The van der Waals surface area contributed by atoms with Gasteiger partial charge in [0.2, 0.25) is 0 Å². The molecular weight excluding hydrogens is 578 g/mol. The predicted molar refractivity (Wildman–Crippen MR) is 106 cm³/mol. The summed E-state index contributed by atoms with van der Waals surface area (Å²) in [6.07, 6.45) is -27.4. The van der Waals surface area contributed by atoms with Crippen molar-refractivity contribution < 1.29 is 62.5 Å². The third kappa shape index (κ3) is 6.41. The van der Waals surface area contributed by atoms with Gasteiger partial charge in [0, 0.05) is 7.11 Å².